The van der Waals surface area contributed by atoms with E-state index in [0.29, 0.717) is 30.7 Å². The van der Waals surface area contributed by atoms with Gasteiger partial charge in [-0.2, -0.15) is 0 Å². The van der Waals surface area contributed by atoms with Crippen molar-refractivity contribution >= 4 is 5.78 Å². The Morgan fingerprint density at radius 3 is 2.82 bits per heavy atom. The number of Topliss-reactive ketones (excluding diaryl/α,β-unsaturated/α-hetero) is 1. The van der Waals surface area contributed by atoms with Gasteiger partial charge in [0.1, 0.15) is 5.75 Å². The van der Waals surface area contributed by atoms with Gasteiger partial charge in [0.25, 0.3) is 0 Å². The van der Waals surface area contributed by atoms with E-state index < -0.39 is 6.10 Å². The topological polar surface area (TPSA) is 55.8 Å². The number of likely N-dealkylation sites (tertiary alicyclic amines) is 1. The summed E-state index contributed by atoms with van der Waals surface area (Å²) in [5.41, 5.74) is 3.29. The van der Waals surface area contributed by atoms with Crippen molar-refractivity contribution in [2.75, 3.05) is 26.7 Å². The molecule has 0 amide bonds. The zero-order valence-corrected chi connectivity index (χ0v) is 22.2. The molecular weight excluding hydrogens is 541 g/mol. The lowest BCUT2D eigenvalue weighted by atomic mass is 9.51. The molecule has 6 rings (SSSR count). The Hall–Kier alpha value is -1.80. The highest BCUT2D eigenvalue weighted by Crippen LogP contribution is 2.65. The first-order valence-corrected chi connectivity index (χ1v) is 12.6. The minimum absolute atomic E-state index is 0. The zero-order valence-electron chi connectivity index (χ0n) is 20.1. The predicted molar refractivity (Wildman–Crippen MR) is 126 cm³/mol. The van der Waals surface area contributed by atoms with Crippen LogP contribution in [0.15, 0.2) is 36.4 Å². The first kappa shape index (κ1) is 23.9. The molecule has 6 heteroatoms. The fraction of sp³-hybridized carbons (Fsp3) is 0.536. The lowest BCUT2D eigenvalue weighted by Gasteiger charge is -2.60. The molecule has 2 aromatic carbocycles. The van der Waals surface area contributed by atoms with E-state index in [9.17, 15) is 9.90 Å². The summed E-state index contributed by atoms with van der Waals surface area (Å²) in [6.45, 7) is 5.02. The smallest absolute Gasteiger partial charge is 0.174 e. The van der Waals surface area contributed by atoms with Crippen LogP contribution >= 0.6 is 0 Å². The van der Waals surface area contributed by atoms with E-state index in [1.54, 1.807) is 6.07 Å². The molecule has 4 aliphatic rings. The average Bonchev–Trinajstić information content (AvgIpc) is 3.19. The van der Waals surface area contributed by atoms with Crippen molar-refractivity contribution in [2.24, 2.45) is 5.92 Å². The fourth-order valence-corrected chi connectivity index (χ4v) is 7.47. The van der Waals surface area contributed by atoms with Crippen LogP contribution < -0.4 is 33.5 Å². The molecule has 0 aromatic heterocycles. The van der Waals surface area contributed by atoms with E-state index in [2.05, 4.69) is 38.2 Å². The summed E-state index contributed by atoms with van der Waals surface area (Å²) in [5, 5.41) is 10.9. The molecular formula is C28H34INO4. The van der Waals surface area contributed by atoms with Gasteiger partial charge >= 0.3 is 0 Å². The number of carbonyl (C=O) groups is 1. The minimum Gasteiger partial charge on any atom is -1.00 e. The van der Waals surface area contributed by atoms with Gasteiger partial charge in [0.2, 0.25) is 0 Å². The van der Waals surface area contributed by atoms with Crippen molar-refractivity contribution in [3.8, 4) is 17.2 Å². The number of aryl methyl sites for hydroxylation is 1. The second-order valence-electron chi connectivity index (χ2n) is 10.7. The Morgan fingerprint density at radius 2 is 2.06 bits per heavy atom. The van der Waals surface area contributed by atoms with Crippen molar-refractivity contribution in [2.45, 2.75) is 63.0 Å². The van der Waals surface area contributed by atoms with Gasteiger partial charge in [-0.25, -0.2) is 0 Å². The van der Waals surface area contributed by atoms with Crippen molar-refractivity contribution in [1.29, 1.82) is 0 Å². The second kappa shape index (κ2) is 8.70. The number of rotatable bonds is 6. The summed E-state index contributed by atoms with van der Waals surface area (Å²) in [6.07, 6.45) is 4.82. The fourth-order valence-electron chi connectivity index (χ4n) is 7.47. The Morgan fingerprint density at radius 1 is 1.26 bits per heavy atom. The van der Waals surface area contributed by atoms with Crippen LogP contribution in [0.25, 0.3) is 0 Å². The van der Waals surface area contributed by atoms with Crippen LogP contribution in [0.5, 0.6) is 17.2 Å². The Labute approximate surface area is 219 Å². The lowest BCUT2D eigenvalue weighted by Crippen LogP contribution is -3.00. The molecule has 1 N–H and O–H groups in total. The summed E-state index contributed by atoms with van der Waals surface area (Å²) < 4.78 is 13.7. The molecule has 0 unspecified atom stereocenters. The van der Waals surface area contributed by atoms with Gasteiger partial charge in [0.05, 0.1) is 38.2 Å². The molecule has 2 bridgehead atoms. The van der Waals surface area contributed by atoms with E-state index in [0.717, 1.165) is 61.0 Å². The van der Waals surface area contributed by atoms with Crippen molar-refractivity contribution < 1.29 is 47.8 Å². The molecule has 1 saturated heterocycles. The first-order chi connectivity index (χ1) is 16.0. The van der Waals surface area contributed by atoms with Gasteiger partial charge in [0.15, 0.2) is 23.4 Å². The number of hydrogen-bond donors (Lipinski definition) is 1. The SMILES string of the molecule is CC[N@@+]1(C)CC[C@]23c4c5c(OCCCc6ccccc6)cc(O)c4O[C@H]2C(=O)CC[C@H]3[C@H]1C5.[I-]. The van der Waals surface area contributed by atoms with E-state index in [4.69, 9.17) is 9.47 Å². The Balaban J connectivity index is 0.00000241. The highest BCUT2D eigenvalue weighted by atomic mass is 127. The summed E-state index contributed by atoms with van der Waals surface area (Å²) in [4.78, 5) is 13.0. The molecule has 0 radical (unpaired) electrons. The number of likely N-dealkylation sites (N-methyl/N-ethyl adjacent to an activating group) is 1. The van der Waals surface area contributed by atoms with E-state index in [1.165, 1.54) is 11.1 Å². The molecule has 182 valence electrons. The van der Waals surface area contributed by atoms with Gasteiger partial charge < -0.3 is 43.0 Å². The molecule has 1 saturated carbocycles. The van der Waals surface area contributed by atoms with Gasteiger partial charge in [0, 0.05) is 42.4 Å². The zero-order chi connectivity index (χ0) is 22.8. The molecule has 2 aliphatic carbocycles. The lowest BCUT2D eigenvalue weighted by molar-refractivity contribution is -0.943. The number of phenols is 1. The largest absolute Gasteiger partial charge is 1.00 e. The summed E-state index contributed by atoms with van der Waals surface area (Å²) in [6, 6.07) is 12.7. The number of nitrogens with zero attached hydrogens (tertiary/aromatic N) is 1. The third-order valence-corrected chi connectivity index (χ3v) is 9.30. The van der Waals surface area contributed by atoms with Gasteiger partial charge in [-0.3, -0.25) is 4.79 Å². The molecule has 2 aliphatic heterocycles. The van der Waals surface area contributed by atoms with Gasteiger partial charge in [-0.1, -0.05) is 30.3 Å². The second-order valence-corrected chi connectivity index (χ2v) is 10.7. The number of hydrogen-bond acceptors (Lipinski definition) is 4. The third-order valence-electron chi connectivity index (χ3n) is 9.30. The van der Waals surface area contributed by atoms with Gasteiger partial charge in [-0.15, -0.1) is 0 Å². The normalized spacial score (nSPS) is 32.4. The highest BCUT2D eigenvalue weighted by Gasteiger charge is 2.69. The van der Waals surface area contributed by atoms with Crippen molar-refractivity contribution in [1.82, 2.24) is 0 Å². The average molecular weight is 575 g/mol. The number of quaternary nitrogens is 1. The molecule has 5 nitrogen and oxygen atoms in total. The van der Waals surface area contributed by atoms with E-state index in [-0.39, 0.29) is 40.9 Å². The maximum atomic E-state index is 13.0. The molecule has 1 spiro atoms. The molecule has 2 aromatic rings. The summed E-state index contributed by atoms with van der Waals surface area (Å²) in [5.74, 6) is 2.08. The number of ketones is 1. The number of carbonyl (C=O) groups excluding carboxylic acids is 1. The maximum Gasteiger partial charge on any atom is 0.174 e. The Kier molecular flexibility index (Phi) is 6.12. The summed E-state index contributed by atoms with van der Waals surface area (Å²) in [7, 11) is 2.38. The van der Waals surface area contributed by atoms with Crippen LogP contribution in [0, 0.1) is 5.92 Å². The minimum atomic E-state index is -0.447. The number of aromatic hydroxyl groups is 1. The van der Waals surface area contributed by atoms with Crippen LogP contribution in [-0.2, 0) is 23.1 Å². The monoisotopic (exact) mass is 575 g/mol. The first-order valence-electron chi connectivity index (χ1n) is 12.6. The highest BCUT2D eigenvalue weighted by molar-refractivity contribution is 5.89. The van der Waals surface area contributed by atoms with Crippen LogP contribution in [0.1, 0.15) is 49.3 Å². The Bertz CT molecular complexity index is 1110. The third kappa shape index (κ3) is 3.31. The van der Waals surface area contributed by atoms with Gasteiger partial charge in [-0.05, 0) is 31.7 Å². The number of phenolic OH excluding ortho intramolecular Hbond substituents is 1. The summed E-state index contributed by atoms with van der Waals surface area (Å²) >= 11 is 0. The molecule has 5 atom stereocenters. The predicted octanol–water partition coefficient (Wildman–Crippen LogP) is 1.18. The quantitative estimate of drug-likeness (QED) is 0.320. The molecule has 2 heterocycles. The van der Waals surface area contributed by atoms with Crippen molar-refractivity contribution in [3.05, 3.63) is 53.1 Å². The molecule has 34 heavy (non-hydrogen) atoms. The number of halogens is 1. The van der Waals surface area contributed by atoms with E-state index >= 15 is 0 Å². The maximum absolute atomic E-state index is 13.0. The van der Waals surface area contributed by atoms with Crippen LogP contribution in [0.4, 0.5) is 0 Å². The van der Waals surface area contributed by atoms with E-state index in [1.807, 2.05) is 6.07 Å². The number of benzene rings is 2. The van der Waals surface area contributed by atoms with Crippen molar-refractivity contribution in [3.63, 3.8) is 0 Å². The number of piperidine rings is 1. The van der Waals surface area contributed by atoms with Crippen LogP contribution in [0.3, 0.4) is 0 Å². The number of ether oxygens (including phenoxy) is 2. The standard InChI is InChI=1S/C28H33NO4.HI/c1-3-29(2)14-13-28-20-11-12-22(30)27(28)33-26-23(31)17-24(19(25(26)28)16-21(20)29)32-15-7-10-18-8-5-4-6-9-18;/h4-6,8-9,17,20-21,27H,3,7,10-16H2,1-2H3;1H/t20-,21+,27-,28-,29-;/m0./s1. The van der Waals surface area contributed by atoms with Crippen LogP contribution in [0.2, 0.25) is 0 Å². The van der Waals surface area contributed by atoms with Crippen LogP contribution in [-0.4, -0.2) is 54.3 Å². The molecule has 2 fully saturated rings.